The number of ether oxygens (including phenoxy) is 1. The minimum Gasteiger partial charge on any atom is -0.462 e. The first kappa shape index (κ1) is 19.9. The molecule has 5 nitrogen and oxygen atoms in total. The molecule has 27 heavy (non-hydrogen) atoms. The van der Waals surface area contributed by atoms with Gasteiger partial charge in [-0.25, -0.2) is 4.79 Å². The van der Waals surface area contributed by atoms with E-state index >= 15 is 0 Å². The van der Waals surface area contributed by atoms with Crippen LogP contribution in [0.15, 0.2) is 29.6 Å². The lowest BCUT2D eigenvalue weighted by molar-refractivity contribution is -0.117. The summed E-state index contributed by atoms with van der Waals surface area (Å²) in [6.07, 6.45) is 3.47. The number of thiophene rings is 1. The molecule has 0 unspecified atom stereocenters. The molecular formula is C20H23ClN2O3S. The molecule has 144 valence electrons. The highest BCUT2D eigenvalue weighted by atomic mass is 35.5. The third kappa shape index (κ3) is 5.09. The third-order valence-electron chi connectivity index (χ3n) is 4.49. The largest absolute Gasteiger partial charge is 0.462 e. The van der Waals surface area contributed by atoms with E-state index in [1.807, 2.05) is 17.5 Å². The van der Waals surface area contributed by atoms with Gasteiger partial charge in [0.1, 0.15) is 10.6 Å². The molecule has 0 aliphatic carbocycles. The SMILES string of the molecule is CCOC(=O)c1c(-c2ccc(Cl)cc2)csc1NC(=O)CN1CCCCC1. The van der Waals surface area contributed by atoms with Crippen LogP contribution in [-0.2, 0) is 9.53 Å². The zero-order valence-corrected chi connectivity index (χ0v) is 16.9. The number of anilines is 1. The minimum atomic E-state index is -0.433. The number of rotatable bonds is 6. The lowest BCUT2D eigenvalue weighted by atomic mass is 10.0. The fourth-order valence-electron chi connectivity index (χ4n) is 3.18. The third-order valence-corrected chi connectivity index (χ3v) is 5.64. The van der Waals surface area contributed by atoms with Gasteiger partial charge in [-0.2, -0.15) is 0 Å². The van der Waals surface area contributed by atoms with Crippen LogP contribution in [-0.4, -0.2) is 43.0 Å². The first-order valence-corrected chi connectivity index (χ1v) is 10.4. The van der Waals surface area contributed by atoms with Gasteiger partial charge in [0.15, 0.2) is 0 Å². The van der Waals surface area contributed by atoms with E-state index in [1.54, 1.807) is 19.1 Å². The summed E-state index contributed by atoms with van der Waals surface area (Å²) in [5.41, 5.74) is 2.00. The van der Waals surface area contributed by atoms with Gasteiger partial charge in [0.25, 0.3) is 0 Å². The molecule has 2 heterocycles. The Balaban J connectivity index is 1.82. The lowest BCUT2D eigenvalue weighted by Crippen LogP contribution is -2.36. The van der Waals surface area contributed by atoms with E-state index in [0.717, 1.165) is 37.1 Å². The molecule has 1 amide bonds. The summed E-state index contributed by atoms with van der Waals surface area (Å²) in [5, 5.41) is 5.93. The molecule has 1 aliphatic rings. The first-order chi connectivity index (χ1) is 13.1. The molecule has 0 saturated carbocycles. The van der Waals surface area contributed by atoms with Crippen LogP contribution in [0.2, 0.25) is 5.02 Å². The molecule has 2 aromatic rings. The van der Waals surface area contributed by atoms with Gasteiger partial charge in [-0.3, -0.25) is 9.69 Å². The molecule has 7 heteroatoms. The molecule has 0 bridgehead atoms. The highest BCUT2D eigenvalue weighted by Crippen LogP contribution is 2.36. The average Bonchev–Trinajstić information content (AvgIpc) is 3.06. The monoisotopic (exact) mass is 406 g/mol. The number of piperidine rings is 1. The number of likely N-dealkylation sites (tertiary alicyclic amines) is 1. The van der Waals surface area contributed by atoms with Crippen molar-refractivity contribution >= 4 is 39.8 Å². The second-order valence-electron chi connectivity index (χ2n) is 6.47. The normalized spacial score (nSPS) is 14.7. The van der Waals surface area contributed by atoms with E-state index in [0.29, 0.717) is 22.1 Å². The van der Waals surface area contributed by atoms with Crippen LogP contribution in [0.25, 0.3) is 11.1 Å². The van der Waals surface area contributed by atoms with Gasteiger partial charge in [0.2, 0.25) is 5.91 Å². The topological polar surface area (TPSA) is 58.6 Å². The van der Waals surface area contributed by atoms with Crippen molar-refractivity contribution in [3.05, 3.63) is 40.2 Å². The van der Waals surface area contributed by atoms with Crippen molar-refractivity contribution in [1.82, 2.24) is 4.90 Å². The molecule has 1 fully saturated rings. The Morgan fingerprint density at radius 2 is 1.89 bits per heavy atom. The molecule has 1 aromatic carbocycles. The highest BCUT2D eigenvalue weighted by molar-refractivity contribution is 7.15. The minimum absolute atomic E-state index is 0.105. The lowest BCUT2D eigenvalue weighted by Gasteiger charge is -2.25. The standard InChI is InChI=1S/C20H23ClN2O3S/c1-2-26-20(25)18-16(14-6-8-15(21)9-7-14)13-27-19(18)22-17(24)12-23-10-4-3-5-11-23/h6-9,13H,2-5,10-12H2,1H3,(H,22,24). The zero-order chi connectivity index (χ0) is 19.2. The number of carbonyl (C=O) groups is 2. The maximum Gasteiger partial charge on any atom is 0.341 e. The van der Waals surface area contributed by atoms with Crippen molar-refractivity contribution in [1.29, 1.82) is 0 Å². The van der Waals surface area contributed by atoms with E-state index in [4.69, 9.17) is 16.3 Å². The van der Waals surface area contributed by atoms with E-state index in [9.17, 15) is 9.59 Å². The number of nitrogens with zero attached hydrogens (tertiary/aromatic N) is 1. The predicted octanol–water partition coefficient (Wildman–Crippen LogP) is 4.67. The Morgan fingerprint density at radius 3 is 2.56 bits per heavy atom. The summed E-state index contributed by atoms with van der Waals surface area (Å²) in [6.45, 7) is 4.27. The Bertz CT molecular complexity index is 798. The van der Waals surface area contributed by atoms with Crippen molar-refractivity contribution in [2.24, 2.45) is 0 Å². The number of nitrogens with one attached hydrogen (secondary N) is 1. The van der Waals surface area contributed by atoms with Crippen LogP contribution in [0.4, 0.5) is 5.00 Å². The maximum atomic E-state index is 12.6. The van der Waals surface area contributed by atoms with E-state index in [1.165, 1.54) is 17.8 Å². The summed E-state index contributed by atoms with van der Waals surface area (Å²) in [7, 11) is 0. The molecule has 1 aliphatic heterocycles. The van der Waals surface area contributed by atoms with Crippen LogP contribution >= 0.6 is 22.9 Å². The maximum absolute atomic E-state index is 12.6. The quantitative estimate of drug-likeness (QED) is 0.708. The van der Waals surface area contributed by atoms with Crippen LogP contribution < -0.4 is 5.32 Å². The Labute approximate surface area is 168 Å². The number of carbonyl (C=O) groups excluding carboxylic acids is 2. The summed E-state index contributed by atoms with van der Waals surface area (Å²) in [4.78, 5) is 27.2. The Kier molecular flexibility index (Phi) is 6.88. The first-order valence-electron chi connectivity index (χ1n) is 9.15. The van der Waals surface area contributed by atoms with Gasteiger partial charge < -0.3 is 10.1 Å². The fraction of sp³-hybridized carbons (Fsp3) is 0.400. The molecule has 0 spiro atoms. The average molecular weight is 407 g/mol. The fourth-order valence-corrected chi connectivity index (χ4v) is 4.28. The Hall–Kier alpha value is -1.89. The predicted molar refractivity (Wildman–Crippen MR) is 110 cm³/mol. The van der Waals surface area contributed by atoms with Crippen LogP contribution in [0.5, 0.6) is 0 Å². The van der Waals surface area contributed by atoms with Crippen molar-refractivity contribution in [3.8, 4) is 11.1 Å². The number of hydrogen-bond acceptors (Lipinski definition) is 5. The smallest absolute Gasteiger partial charge is 0.341 e. The molecular weight excluding hydrogens is 384 g/mol. The van der Waals surface area contributed by atoms with Gasteiger partial charge in [0.05, 0.1) is 13.2 Å². The van der Waals surface area contributed by atoms with E-state index in [2.05, 4.69) is 10.2 Å². The molecule has 3 rings (SSSR count). The van der Waals surface area contributed by atoms with Crippen LogP contribution in [0.1, 0.15) is 36.5 Å². The van der Waals surface area contributed by atoms with Gasteiger partial charge in [0, 0.05) is 16.0 Å². The van der Waals surface area contributed by atoms with E-state index < -0.39 is 5.97 Å². The van der Waals surface area contributed by atoms with Crippen molar-refractivity contribution in [2.75, 3.05) is 31.6 Å². The molecule has 0 atom stereocenters. The summed E-state index contributed by atoms with van der Waals surface area (Å²) >= 11 is 7.30. The van der Waals surface area contributed by atoms with Crippen molar-refractivity contribution in [2.45, 2.75) is 26.2 Å². The Morgan fingerprint density at radius 1 is 1.19 bits per heavy atom. The van der Waals surface area contributed by atoms with Crippen molar-refractivity contribution < 1.29 is 14.3 Å². The highest BCUT2D eigenvalue weighted by Gasteiger charge is 2.23. The second-order valence-corrected chi connectivity index (χ2v) is 7.78. The second kappa shape index (κ2) is 9.35. The summed E-state index contributed by atoms with van der Waals surface area (Å²) < 4.78 is 5.22. The molecule has 0 radical (unpaired) electrons. The van der Waals surface area contributed by atoms with Gasteiger partial charge in [-0.15, -0.1) is 11.3 Å². The molecule has 1 aromatic heterocycles. The molecule has 1 saturated heterocycles. The number of hydrogen-bond donors (Lipinski definition) is 1. The van der Waals surface area contributed by atoms with Crippen molar-refractivity contribution in [3.63, 3.8) is 0 Å². The van der Waals surface area contributed by atoms with Gasteiger partial charge >= 0.3 is 5.97 Å². The zero-order valence-electron chi connectivity index (χ0n) is 15.3. The van der Waals surface area contributed by atoms with Crippen LogP contribution in [0, 0.1) is 0 Å². The van der Waals surface area contributed by atoms with Crippen LogP contribution in [0.3, 0.4) is 0 Å². The van der Waals surface area contributed by atoms with Gasteiger partial charge in [-0.1, -0.05) is 30.2 Å². The van der Waals surface area contributed by atoms with Gasteiger partial charge in [-0.05, 0) is 50.6 Å². The van der Waals surface area contributed by atoms with E-state index in [-0.39, 0.29) is 12.5 Å². The summed E-state index contributed by atoms with van der Waals surface area (Å²) in [5.74, 6) is -0.538. The molecule has 1 N–H and O–H groups in total. The number of benzene rings is 1. The number of esters is 1. The number of halogens is 1. The summed E-state index contributed by atoms with van der Waals surface area (Å²) in [6, 6.07) is 7.26. The number of amides is 1.